The minimum Gasteiger partial charge on any atom is -0.447 e. The van der Waals surface area contributed by atoms with Crippen molar-refractivity contribution in [1.82, 2.24) is 15.5 Å². The number of piperidine rings is 1. The predicted molar refractivity (Wildman–Crippen MR) is 123 cm³/mol. The quantitative estimate of drug-likeness (QED) is 0.652. The molecule has 1 aliphatic carbocycles. The summed E-state index contributed by atoms with van der Waals surface area (Å²) in [6.45, 7) is 8.46. The number of anilines is 1. The minimum atomic E-state index is -0.617. The molecule has 0 bridgehead atoms. The van der Waals surface area contributed by atoms with Crippen molar-refractivity contribution in [1.29, 1.82) is 0 Å². The van der Waals surface area contributed by atoms with Gasteiger partial charge in [-0.1, -0.05) is 12.1 Å². The second-order valence-electron chi connectivity index (χ2n) is 10.3. The van der Waals surface area contributed by atoms with E-state index in [1.165, 1.54) is 6.92 Å². The molecule has 1 saturated carbocycles. The normalized spacial score (nSPS) is 25.5. The molecule has 34 heavy (non-hydrogen) atoms. The number of alkyl carbamates (subject to hydrolysis) is 1. The maximum absolute atomic E-state index is 12.6. The van der Waals surface area contributed by atoms with E-state index in [0.29, 0.717) is 31.2 Å². The van der Waals surface area contributed by atoms with E-state index in [4.69, 9.17) is 9.47 Å². The van der Waals surface area contributed by atoms with Crippen LogP contribution in [0.3, 0.4) is 0 Å². The van der Waals surface area contributed by atoms with Crippen LogP contribution < -0.4 is 15.5 Å². The molecular formula is C24H32N4O6. The van der Waals surface area contributed by atoms with Gasteiger partial charge >= 0.3 is 12.2 Å². The summed E-state index contributed by atoms with van der Waals surface area (Å²) in [4.78, 5) is 51.3. The van der Waals surface area contributed by atoms with Crippen LogP contribution in [-0.2, 0) is 24.5 Å². The van der Waals surface area contributed by atoms with Crippen LogP contribution in [0.1, 0.15) is 39.7 Å². The Kier molecular flexibility index (Phi) is 6.18. The van der Waals surface area contributed by atoms with Gasteiger partial charge in [-0.15, -0.1) is 0 Å². The molecule has 2 aliphatic heterocycles. The Morgan fingerprint density at radius 3 is 2.53 bits per heavy atom. The van der Waals surface area contributed by atoms with Crippen LogP contribution in [0.25, 0.3) is 0 Å². The number of ether oxygens (including phenoxy) is 2. The van der Waals surface area contributed by atoms with Crippen molar-refractivity contribution >= 4 is 29.7 Å². The van der Waals surface area contributed by atoms with Gasteiger partial charge in [0.1, 0.15) is 18.8 Å². The van der Waals surface area contributed by atoms with Crippen molar-refractivity contribution in [2.45, 2.75) is 51.2 Å². The van der Waals surface area contributed by atoms with Crippen molar-refractivity contribution in [2.75, 3.05) is 37.7 Å². The number of rotatable bonds is 6. The fourth-order valence-corrected chi connectivity index (χ4v) is 4.84. The number of cyclic esters (lactones) is 1. The number of nitrogens with one attached hydrogen (secondary N) is 2. The van der Waals surface area contributed by atoms with E-state index in [-0.39, 0.29) is 36.4 Å². The van der Waals surface area contributed by atoms with Crippen LogP contribution in [0.2, 0.25) is 0 Å². The number of likely N-dealkylation sites (tertiary alicyclic amines) is 1. The average molecular weight is 473 g/mol. The molecule has 1 aromatic carbocycles. The molecule has 0 aromatic heterocycles. The predicted octanol–water partition coefficient (Wildman–Crippen LogP) is 1.77. The molecule has 10 nitrogen and oxygen atoms in total. The van der Waals surface area contributed by atoms with Crippen molar-refractivity contribution in [3.05, 3.63) is 29.8 Å². The zero-order chi connectivity index (χ0) is 24.7. The summed E-state index contributed by atoms with van der Waals surface area (Å²) in [5, 5.41) is 5.27. The Labute approximate surface area is 198 Å². The monoisotopic (exact) mass is 472 g/mol. The summed E-state index contributed by atoms with van der Waals surface area (Å²) in [6.07, 6.45) is -0.0274. The van der Waals surface area contributed by atoms with Gasteiger partial charge in [0.05, 0.1) is 6.04 Å². The van der Waals surface area contributed by atoms with Gasteiger partial charge in [-0.25, -0.2) is 9.59 Å². The Morgan fingerprint density at radius 1 is 1.18 bits per heavy atom. The molecule has 1 aromatic rings. The van der Waals surface area contributed by atoms with Gasteiger partial charge in [-0.05, 0) is 50.8 Å². The first-order valence-corrected chi connectivity index (χ1v) is 11.5. The molecule has 2 unspecified atom stereocenters. The molecule has 2 N–H and O–H groups in total. The highest BCUT2D eigenvalue weighted by Gasteiger charge is 2.61. The molecule has 0 spiro atoms. The van der Waals surface area contributed by atoms with Crippen molar-refractivity contribution in [3.63, 3.8) is 0 Å². The number of carbonyl (C=O) groups is 4. The molecule has 4 amide bonds. The molecule has 3 atom stereocenters. The number of amides is 4. The third-order valence-corrected chi connectivity index (χ3v) is 6.55. The van der Waals surface area contributed by atoms with Crippen LogP contribution in [0.5, 0.6) is 0 Å². The number of hydrogen-bond acceptors (Lipinski definition) is 6. The Morgan fingerprint density at radius 2 is 1.88 bits per heavy atom. The smallest absolute Gasteiger partial charge is 0.414 e. The summed E-state index contributed by atoms with van der Waals surface area (Å²) < 4.78 is 10.4. The SMILES string of the molecule is CC(=O)NC[C@H]1COC(=O)N1c1ccc(C23CC2CN(C(=O)CNC(=O)OC(C)(C)C)C3)cc1. The topological polar surface area (TPSA) is 117 Å². The molecule has 3 fully saturated rings. The molecule has 0 radical (unpaired) electrons. The number of nitrogens with zero attached hydrogens (tertiary/aromatic N) is 2. The van der Waals surface area contributed by atoms with Gasteiger partial charge in [0.25, 0.3) is 0 Å². The summed E-state index contributed by atoms with van der Waals surface area (Å²) >= 11 is 0. The number of hydrogen-bond donors (Lipinski definition) is 2. The maximum atomic E-state index is 12.6. The molecule has 3 aliphatic rings. The molecular weight excluding hydrogens is 440 g/mol. The first kappa shape index (κ1) is 23.8. The molecule has 184 valence electrons. The van der Waals surface area contributed by atoms with Crippen LogP contribution in [0.15, 0.2) is 24.3 Å². The number of benzene rings is 1. The van der Waals surface area contributed by atoms with Crippen LogP contribution in [0.4, 0.5) is 15.3 Å². The van der Waals surface area contributed by atoms with E-state index in [1.54, 1.807) is 30.6 Å². The van der Waals surface area contributed by atoms with E-state index in [0.717, 1.165) is 12.0 Å². The van der Waals surface area contributed by atoms with Gasteiger partial charge in [-0.3, -0.25) is 14.5 Å². The van der Waals surface area contributed by atoms with Crippen LogP contribution in [0, 0.1) is 5.92 Å². The second-order valence-corrected chi connectivity index (χ2v) is 10.3. The van der Waals surface area contributed by atoms with Crippen LogP contribution >= 0.6 is 0 Å². The fraction of sp³-hybridized carbons (Fsp3) is 0.583. The number of fused-ring (bicyclic) bond motifs is 1. The Hall–Kier alpha value is -3.30. The molecule has 2 saturated heterocycles. The summed E-state index contributed by atoms with van der Waals surface area (Å²) in [5.41, 5.74) is 1.14. The van der Waals surface area contributed by atoms with Crippen LogP contribution in [-0.4, -0.2) is 73.3 Å². The summed E-state index contributed by atoms with van der Waals surface area (Å²) in [6, 6.07) is 7.53. The highest BCUT2D eigenvalue weighted by Crippen LogP contribution is 2.59. The average Bonchev–Trinajstić information content (AvgIpc) is 3.12. The van der Waals surface area contributed by atoms with E-state index in [9.17, 15) is 19.2 Å². The lowest BCUT2D eigenvalue weighted by atomic mass is 9.94. The molecule has 10 heteroatoms. The first-order chi connectivity index (χ1) is 16.0. The minimum absolute atomic E-state index is 0.0821. The van der Waals surface area contributed by atoms with E-state index >= 15 is 0 Å². The largest absolute Gasteiger partial charge is 0.447 e. The third kappa shape index (κ3) is 4.95. The van der Waals surface area contributed by atoms with Gasteiger partial charge in [0.15, 0.2) is 0 Å². The van der Waals surface area contributed by atoms with E-state index in [2.05, 4.69) is 10.6 Å². The lowest BCUT2D eigenvalue weighted by Gasteiger charge is -2.24. The zero-order valence-electron chi connectivity index (χ0n) is 20.1. The summed E-state index contributed by atoms with van der Waals surface area (Å²) in [5.74, 6) is 0.0953. The maximum Gasteiger partial charge on any atom is 0.414 e. The highest BCUT2D eigenvalue weighted by atomic mass is 16.6. The lowest BCUT2D eigenvalue weighted by molar-refractivity contribution is -0.129. The second kappa shape index (κ2) is 8.81. The first-order valence-electron chi connectivity index (χ1n) is 11.5. The Bertz CT molecular complexity index is 988. The fourth-order valence-electron chi connectivity index (χ4n) is 4.84. The highest BCUT2D eigenvalue weighted by molar-refractivity contribution is 5.90. The van der Waals surface area contributed by atoms with E-state index in [1.807, 2.05) is 24.3 Å². The van der Waals surface area contributed by atoms with Gasteiger partial charge in [0, 0.05) is 37.7 Å². The standard InChI is InChI=1S/C24H32N4O6/c1-15(29)25-10-19-13-33-22(32)28(19)18-7-5-16(6-8-18)24-9-17(24)12-27(14-24)20(30)11-26-21(31)34-23(2,3)4/h5-8,17,19H,9-14H2,1-4H3,(H,25,29)(H,26,31)/t17?,19-,24?/m0/s1. The third-order valence-electron chi connectivity index (χ3n) is 6.55. The zero-order valence-corrected chi connectivity index (χ0v) is 20.1. The van der Waals surface area contributed by atoms with Gasteiger partial charge < -0.3 is 25.0 Å². The van der Waals surface area contributed by atoms with Crippen molar-refractivity contribution in [2.24, 2.45) is 5.92 Å². The van der Waals surface area contributed by atoms with Gasteiger partial charge in [-0.2, -0.15) is 0 Å². The van der Waals surface area contributed by atoms with E-state index < -0.39 is 17.8 Å². The molecule has 4 rings (SSSR count). The van der Waals surface area contributed by atoms with Gasteiger partial charge in [0.2, 0.25) is 11.8 Å². The van der Waals surface area contributed by atoms with Crippen molar-refractivity contribution in [3.8, 4) is 0 Å². The summed E-state index contributed by atoms with van der Waals surface area (Å²) in [7, 11) is 0. The Balaban J connectivity index is 1.36. The lowest BCUT2D eigenvalue weighted by Crippen LogP contribution is -2.42. The number of carbonyl (C=O) groups excluding carboxylic acids is 4. The molecule has 2 heterocycles. The van der Waals surface area contributed by atoms with Crippen molar-refractivity contribution < 1.29 is 28.7 Å².